The fraction of sp³-hybridized carbons (Fsp3) is 0.882. The van der Waals surface area contributed by atoms with Crippen molar-refractivity contribution in [1.29, 1.82) is 0 Å². The Bertz CT molecular complexity index is 418. The van der Waals surface area contributed by atoms with Crippen LogP contribution in [0.2, 0.25) is 0 Å². The highest BCUT2D eigenvalue weighted by atomic mass is 32.2. The summed E-state index contributed by atoms with van der Waals surface area (Å²) >= 11 is 1.92. The third kappa shape index (κ3) is 4.41. The second-order valence-electron chi connectivity index (χ2n) is 6.86. The predicted molar refractivity (Wildman–Crippen MR) is 93.5 cm³/mol. The SMILES string of the molecule is O=C(CN1CCCC1C(=O)N1CCSCC1)N1CCCCCC1. The standard InChI is InChI=1S/C17H29N3O2S/c21-16(18-7-3-1-2-4-8-18)14-20-9-5-6-15(20)17(22)19-10-12-23-13-11-19/h15H,1-14H2. The van der Waals surface area contributed by atoms with Gasteiger partial charge in [0.25, 0.3) is 0 Å². The Balaban J connectivity index is 1.55. The second-order valence-corrected chi connectivity index (χ2v) is 8.09. The van der Waals surface area contributed by atoms with Crippen LogP contribution in [0.3, 0.4) is 0 Å². The monoisotopic (exact) mass is 339 g/mol. The lowest BCUT2D eigenvalue weighted by Crippen LogP contribution is -2.51. The molecular weight excluding hydrogens is 310 g/mol. The zero-order chi connectivity index (χ0) is 16.1. The van der Waals surface area contributed by atoms with E-state index in [-0.39, 0.29) is 17.9 Å². The van der Waals surface area contributed by atoms with Gasteiger partial charge in [-0.3, -0.25) is 14.5 Å². The summed E-state index contributed by atoms with van der Waals surface area (Å²) in [5.74, 6) is 2.57. The maximum absolute atomic E-state index is 12.8. The minimum Gasteiger partial charge on any atom is -0.342 e. The van der Waals surface area contributed by atoms with Crippen LogP contribution in [-0.2, 0) is 9.59 Å². The Labute approximate surface area is 143 Å². The molecule has 0 aromatic carbocycles. The molecule has 3 heterocycles. The van der Waals surface area contributed by atoms with Crippen LogP contribution in [0.1, 0.15) is 38.5 Å². The number of rotatable bonds is 3. The first-order chi connectivity index (χ1) is 11.3. The van der Waals surface area contributed by atoms with Crippen molar-refractivity contribution in [3.8, 4) is 0 Å². The van der Waals surface area contributed by atoms with Gasteiger partial charge in [0.05, 0.1) is 12.6 Å². The Kier molecular flexibility index (Phi) is 6.22. The molecule has 3 fully saturated rings. The van der Waals surface area contributed by atoms with Gasteiger partial charge in [0.1, 0.15) is 0 Å². The van der Waals surface area contributed by atoms with E-state index in [0.717, 1.165) is 69.9 Å². The first-order valence-electron chi connectivity index (χ1n) is 9.14. The molecule has 0 aliphatic carbocycles. The molecule has 0 bridgehead atoms. The molecule has 23 heavy (non-hydrogen) atoms. The van der Waals surface area contributed by atoms with Crippen molar-refractivity contribution in [2.24, 2.45) is 0 Å². The van der Waals surface area contributed by atoms with Crippen molar-refractivity contribution >= 4 is 23.6 Å². The molecule has 0 spiro atoms. The van der Waals surface area contributed by atoms with Crippen LogP contribution in [0.25, 0.3) is 0 Å². The number of thioether (sulfide) groups is 1. The first kappa shape index (κ1) is 17.1. The average Bonchev–Trinajstić information content (AvgIpc) is 2.86. The number of amides is 2. The molecule has 3 saturated heterocycles. The number of carbonyl (C=O) groups is 2. The summed E-state index contributed by atoms with van der Waals surface area (Å²) in [6, 6.07) is -0.0611. The summed E-state index contributed by atoms with van der Waals surface area (Å²) in [5.41, 5.74) is 0. The van der Waals surface area contributed by atoms with Crippen molar-refractivity contribution < 1.29 is 9.59 Å². The lowest BCUT2D eigenvalue weighted by atomic mass is 10.2. The van der Waals surface area contributed by atoms with Crippen molar-refractivity contribution in [3.63, 3.8) is 0 Å². The van der Waals surface area contributed by atoms with Gasteiger partial charge < -0.3 is 9.80 Å². The summed E-state index contributed by atoms with van der Waals surface area (Å²) in [5, 5.41) is 0. The molecule has 1 atom stereocenters. The lowest BCUT2D eigenvalue weighted by molar-refractivity contribution is -0.138. The zero-order valence-corrected chi connectivity index (χ0v) is 14.9. The van der Waals surface area contributed by atoms with E-state index in [1.807, 2.05) is 21.6 Å². The largest absolute Gasteiger partial charge is 0.342 e. The van der Waals surface area contributed by atoms with E-state index in [2.05, 4.69) is 4.90 Å². The molecule has 2 amide bonds. The van der Waals surface area contributed by atoms with Gasteiger partial charge in [0, 0.05) is 37.7 Å². The highest BCUT2D eigenvalue weighted by Gasteiger charge is 2.35. The number of carbonyl (C=O) groups excluding carboxylic acids is 2. The molecule has 6 heteroatoms. The van der Waals surface area contributed by atoms with Crippen molar-refractivity contribution in [2.75, 3.05) is 50.8 Å². The minimum atomic E-state index is -0.0611. The Morgan fingerprint density at radius 2 is 1.52 bits per heavy atom. The van der Waals surface area contributed by atoms with Gasteiger partial charge in [-0.15, -0.1) is 0 Å². The number of nitrogens with zero attached hydrogens (tertiary/aromatic N) is 3. The molecular formula is C17H29N3O2S. The number of hydrogen-bond acceptors (Lipinski definition) is 4. The molecule has 3 aliphatic rings. The van der Waals surface area contributed by atoms with Crippen LogP contribution in [0, 0.1) is 0 Å². The average molecular weight is 340 g/mol. The molecule has 3 rings (SSSR count). The summed E-state index contributed by atoms with van der Waals surface area (Å²) in [7, 11) is 0. The van der Waals surface area contributed by atoms with E-state index >= 15 is 0 Å². The number of likely N-dealkylation sites (tertiary alicyclic amines) is 2. The minimum absolute atomic E-state index is 0.0611. The van der Waals surface area contributed by atoms with Crippen LogP contribution >= 0.6 is 11.8 Å². The van der Waals surface area contributed by atoms with Gasteiger partial charge in [-0.25, -0.2) is 0 Å². The van der Waals surface area contributed by atoms with Gasteiger partial charge in [-0.1, -0.05) is 12.8 Å². The zero-order valence-electron chi connectivity index (χ0n) is 14.0. The van der Waals surface area contributed by atoms with Crippen molar-refractivity contribution in [3.05, 3.63) is 0 Å². The van der Waals surface area contributed by atoms with Crippen LogP contribution < -0.4 is 0 Å². The molecule has 0 saturated carbocycles. The summed E-state index contributed by atoms with van der Waals surface area (Å²) in [6.07, 6.45) is 6.67. The van der Waals surface area contributed by atoms with Crippen LogP contribution in [0.15, 0.2) is 0 Å². The van der Waals surface area contributed by atoms with Crippen LogP contribution in [-0.4, -0.2) is 83.3 Å². The molecule has 0 N–H and O–H groups in total. The Morgan fingerprint density at radius 3 is 2.22 bits per heavy atom. The maximum atomic E-state index is 12.8. The first-order valence-corrected chi connectivity index (χ1v) is 10.3. The second kappa shape index (κ2) is 8.38. The van der Waals surface area contributed by atoms with Gasteiger partial charge >= 0.3 is 0 Å². The third-order valence-corrected chi connectivity index (χ3v) is 6.21. The highest BCUT2D eigenvalue weighted by Crippen LogP contribution is 2.21. The van der Waals surface area contributed by atoms with Crippen LogP contribution in [0.4, 0.5) is 0 Å². The lowest BCUT2D eigenvalue weighted by Gasteiger charge is -2.33. The van der Waals surface area contributed by atoms with E-state index in [1.54, 1.807) is 0 Å². The summed E-state index contributed by atoms with van der Waals surface area (Å²) in [4.78, 5) is 31.5. The van der Waals surface area contributed by atoms with Crippen LogP contribution in [0.5, 0.6) is 0 Å². The van der Waals surface area contributed by atoms with E-state index < -0.39 is 0 Å². The van der Waals surface area contributed by atoms with Crippen molar-refractivity contribution in [2.45, 2.75) is 44.6 Å². The fourth-order valence-corrected chi connectivity index (χ4v) is 4.79. The smallest absolute Gasteiger partial charge is 0.239 e. The van der Waals surface area contributed by atoms with E-state index in [9.17, 15) is 9.59 Å². The molecule has 130 valence electrons. The fourth-order valence-electron chi connectivity index (χ4n) is 3.88. The van der Waals surface area contributed by atoms with E-state index in [1.165, 1.54) is 12.8 Å². The molecule has 0 aromatic heterocycles. The molecule has 0 aromatic rings. The normalized spacial score (nSPS) is 27.0. The summed E-state index contributed by atoms with van der Waals surface area (Å²) < 4.78 is 0. The molecule has 5 nitrogen and oxygen atoms in total. The molecule has 1 unspecified atom stereocenters. The van der Waals surface area contributed by atoms with E-state index in [4.69, 9.17) is 0 Å². The van der Waals surface area contributed by atoms with Gasteiger partial charge in [0.2, 0.25) is 11.8 Å². The third-order valence-electron chi connectivity index (χ3n) is 5.27. The quantitative estimate of drug-likeness (QED) is 0.780. The van der Waals surface area contributed by atoms with Gasteiger partial charge in [-0.2, -0.15) is 11.8 Å². The van der Waals surface area contributed by atoms with E-state index in [0.29, 0.717) is 6.54 Å². The van der Waals surface area contributed by atoms with Gasteiger partial charge in [0.15, 0.2) is 0 Å². The highest BCUT2D eigenvalue weighted by molar-refractivity contribution is 7.99. The van der Waals surface area contributed by atoms with Crippen molar-refractivity contribution in [1.82, 2.24) is 14.7 Å². The molecule has 0 radical (unpaired) electrons. The summed E-state index contributed by atoms with van der Waals surface area (Å²) in [6.45, 7) is 4.85. The maximum Gasteiger partial charge on any atom is 0.239 e. The predicted octanol–water partition coefficient (Wildman–Crippen LogP) is 1.43. The topological polar surface area (TPSA) is 43.9 Å². The number of hydrogen-bond donors (Lipinski definition) is 0. The Hall–Kier alpha value is -0.750. The van der Waals surface area contributed by atoms with Gasteiger partial charge in [-0.05, 0) is 32.2 Å². The Morgan fingerprint density at radius 1 is 0.826 bits per heavy atom. The molecule has 3 aliphatic heterocycles.